The molecule has 1 saturated heterocycles. The highest BCUT2D eigenvalue weighted by Gasteiger charge is 2.35. The molecule has 7 heteroatoms. The molecule has 0 bridgehead atoms. The van der Waals surface area contributed by atoms with E-state index in [1.165, 1.54) is 0 Å². The molecule has 1 N–H and O–H groups in total. The van der Waals surface area contributed by atoms with E-state index in [0.29, 0.717) is 25.9 Å². The van der Waals surface area contributed by atoms with Crippen molar-refractivity contribution in [1.82, 2.24) is 20.0 Å². The van der Waals surface area contributed by atoms with Crippen LogP contribution in [0.4, 0.5) is 0 Å². The SMILES string of the molecule is O=C(NCCCn1cccn1)[C@H]1CCC(=O)N1Cc1cccs1. The third-order valence-corrected chi connectivity index (χ3v) is 4.82. The molecule has 2 amide bonds. The van der Waals surface area contributed by atoms with Gasteiger partial charge in [0.1, 0.15) is 6.04 Å². The summed E-state index contributed by atoms with van der Waals surface area (Å²) >= 11 is 1.61. The van der Waals surface area contributed by atoms with Gasteiger partial charge >= 0.3 is 0 Å². The molecule has 122 valence electrons. The lowest BCUT2D eigenvalue weighted by atomic mass is 10.2. The van der Waals surface area contributed by atoms with Crippen molar-refractivity contribution >= 4 is 23.2 Å². The molecule has 1 fully saturated rings. The molecule has 0 radical (unpaired) electrons. The summed E-state index contributed by atoms with van der Waals surface area (Å²) in [6.45, 7) is 1.90. The summed E-state index contributed by atoms with van der Waals surface area (Å²) in [4.78, 5) is 27.2. The number of likely N-dealkylation sites (tertiary alicyclic amines) is 1. The third kappa shape index (κ3) is 3.98. The minimum absolute atomic E-state index is 0.0483. The number of aryl methyl sites for hydroxylation is 1. The Kier molecular flexibility index (Phi) is 5.07. The number of thiophene rings is 1. The first kappa shape index (κ1) is 15.7. The van der Waals surface area contributed by atoms with Crippen LogP contribution in [0, 0.1) is 0 Å². The first-order chi connectivity index (χ1) is 11.2. The second-order valence-corrected chi connectivity index (χ2v) is 6.60. The highest BCUT2D eigenvalue weighted by atomic mass is 32.1. The van der Waals surface area contributed by atoms with E-state index in [9.17, 15) is 9.59 Å². The maximum atomic E-state index is 12.4. The average Bonchev–Trinajstić information content (AvgIpc) is 3.28. The van der Waals surface area contributed by atoms with Gasteiger partial charge in [0.25, 0.3) is 0 Å². The summed E-state index contributed by atoms with van der Waals surface area (Å²) in [5, 5.41) is 9.06. The molecule has 2 aromatic heterocycles. The molecule has 0 unspecified atom stereocenters. The summed E-state index contributed by atoms with van der Waals surface area (Å²) in [5.41, 5.74) is 0. The van der Waals surface area contributed by atoms with Crippen molar-refractivity contribution < 1.29 is 9.59 Å². The molecule has 1 aliphatic heterocycles. The lowest BCUT2D eigenvalue weighted by Crippen LogP contribution is -2.44. The molecule has 0 saturated carbocycles. The minimum Gasteiger partial charge on any atom is -0.354 e. The third-order valence-electron chi connectivity index (χ3n) is 3.96. The Morgan fingerprint density at radius 2 is 2.35 bits per heavy atom. The predicted octanol–water partition coefficient (Wildman–Crippen LogP) is 1.64. The fraction of sp³-hybridized carbons (Fsp3) is 0.438. The van der Waals surface area contributed by atoms with E-state index in [1.54, 1.807) is 22.4 Å². The van der Waals surface area contributed by atoms with Crippen LogP contribution in [0.25, 0.3) is 0 Å². The van der Waals surface area contributed by atoms with Gasteiger partial charge in [0.15, 0.2) is 0 Å². The van der Waals surface area contributed by atoms with Gasteiger partial charge in [-0.25, -0.2) is 0 Å². The predicted molar refractivity (Wildman–Crippen MR) is 87.7 cm³/mol. The van der Waals surface area contributed by atoms with Crippen LogP contribution in [0.1, 0.15) is 24.1 Å². The topological polar surface area (TPSA) is 67.2 Å². The van der Waals surface area contributed by atoms with Crippen molar-refractivity contribution in [2.24, 2.45) is 0 Å². The van der Waals surface area contributed by atoms with Crippen molar-refractivity contribution in [1.29, 1.82) is 0 Å². The van der Waals surface area contributed by atoms with Gasteiger partial charge in [-0.3, -0.25) is 14.3 Å². The fourth-order valence-corrected chi connectivity index (χ4v) is 3.48. The van der Waals surface area contributed by atoms with Gasteiger partial charge in [-0.1, -0.05) is 6.07 Å². The number of nitrogens with one attached hydrogen (secondary N) is 1. The van der Waals surface area contributed by atoms with Crippen LogP contribution in [0.3, 0.4) is 0 Å². The minimum atomic E-state index is -0.339. The Morgan fingerprint density at radius 3 is 3.09 bits per heavy atom. The van der Waals surface area contributed by atoms with E-state index in [-0.39, 0.29) is 17.9 Å². The summed E-state index contributed by atoms with van der Waals surface area (Å²) in [7, 11) is 0. The molecule has 1 atom stereocenters. The van der Waals surface area contributed by atoms with Crippen molar-refractivity contribution in [3.63, 3.8) is 0 Å². The van der Waals surface area contributed by atoms with Crippen molar-refractivity contribution in [3.05, 3.63) is 40.8 Å². The van der Waals surface area contributed by atoms with Gasteiger partial charge < -0.3 is 10.2 Å². The lowest BCUT2D eigenvalue weighted by molar-refractivity contribution is -0.135. The summed E-state index contributed by atoms with van der Waals surface area (Å²) in [6.07, 6.45) is 5.52. The second kappa shape index (κ2) is 7.41. The molecule has 0 aromatic carbocycles. The fourth-order valence-electron chi connectivity index (χ4n) is 2.78. The molecule has 23 heavy (non-hydrogen) atoms. The van der Waals surface area contributed by atoms with Crippen LogP contribution in [0.5, 0.6) is 0 Å². The number of nitrogens with zero attached hydrogens (tertiary/aromatic N) is 3. The Hall–Kier alpha value is -2.15. The molecule has 3 heterocycles. The van der Waals surface area contributed by atoms with Crippen molar-refractivity contribution in [2.75, 3.05) is 6.54 Å². The quantitative estimate of drug-likeness (QED) is 0.784. The molecule has 2 aromatic rings. The largest absolute Gasteiger partial charge is 0.354 e. The van der Waals surface area contributed by atoms with E-state index in [1.807, 2.05) is 34.5 Å². The monoisotopic (exact) mass is 332 g/mol. The number of hydrogen-bond donors (Lipinski definition) is 1. The molecule has 6 nitrogen and oxygen atoms in total. The standard InChI is InChI=1S/C16H20N4O2S/c21-15-6-5-14(20(15)12-13-4-1-11-23-13)16(22)17-7-2-9-19-10-3-8-18-19/h1,3-4,8,10-11,14H,2,5-7,9,12H2,(H,17,22)/t14-/m1/s1. The molecule has 1 aliphatic rings. The van der Waals surface area contributed by atoms with Crippen LogP contribution >= 0.6 is 11.3 Å². The summed E-state index contributed by atoms with van der Waals surface area (Å²) in [6, 6.07) is 5.50. The first-order valence-corrected chi connectivity index (χ1v) is 8.69. The number of carbonyl (C=O) groups is 2. The van der Waals surface area contributed by atoms with E-state index >= 15 is 0 Å². The molecule has 0 spiro atoms. The molecule has 0 aliphatic carbocycles. The number of amides is 2. The molecular formula is C16H20N4O2S. The van der Waals surface area contributed by atoms with Crippen LogP contribution in [0.15, 0.2) is 36.0 Å². The number of aromatic nitrogens is 2. The lowest BCUT2D eigenvalue weighted by Gasteiger charge is -2.23. The number of rotatable bonds is 7. The highest BCUT2D eigenvalue weighted by molar-refractivity contribution is 7.09. The van der Waals surface area contributed by atoms with Gasteiger partial charge in [0.2, 0.25) is 11.8 Å². The maximum Gasteiger partial charge on any atom is 0.242 e. The Labute approximate surface area is 139 Å². The van der Waals surface area contributed by atoms with Crippen LogP contribution < -0.4 is 5.32 Å². The van der Waals surface area contributed by atoms with Gasteiger partial charge in [0, 0.05) is 36.8 Å². The van der Waals surface area contributed by atoms with Crippen LogP contribution in [-0.2, 0) is 22.7 Å². The Balaban J connectivity index is 1.48. The van der Waals surface area contributed by atoms with Gasteiger partial charge in [-0.15, -0.1) is 11.3 Å². The highest BCUT2D eigenvalue weighted by Crippen LogP contribution is 2.23. The first-order valence-electron chi connectivity index (χ1n) is 7.81. The van der Waals surface area contributed by atoms with E-state index in [4.69, 9.17) is 0 Å². The van der Waals surface area contributed by atoms with Crippen molar-refractivity contribution in [2.45, 2.75) is 38.4 Å². The summed E-state index contributed by atoms with van der Waals surface area (Å²) in [5.74, 6) is 0.0166. The zero-order valence-electron chi connectivity index (χ0n) is 12.9. The van der Waals surface area contributed by atoms with E-state index in [2.05, 4.69) is 10.4 Å². The van der Waals surface area contributed by atoms with Crippen LogP contribution in [-0.4, -0.2) is 39.1 Å². The van der Waals surface area contributed by atoms with E-state index in [0.717, 1.165) is 17.8 Å². The maximum absolute atomic E-state index is 12.4. The van der Waals surface area contributed by atoms with Crippen molar-refractivity contribution in [3.8, 4) is 0 Å². The van der Waals surface area contributed by atoms with Gasteiger partial charge in [0.05, 0.1) is 6.54 Å². The average molecular weight is 332 g/mol. The Morgan fingerprint density at radius 1 is 1.43 bits per heavy atom. The van der Waals surface area contributed by atoms with Crippen LogP contribution in [0.2, 0.25) is 0 Å². The summed E-state index contributed by atoms with van der Waals surface area (Å²) < 4.78 is 1.84. The smallest absolute Gasteiger partial charge is 0.242 e. The number of hydrogen-bond acceptors (Lipinski definition) is 4. The zero-order valence-corrected chi connectivity index (χ0v) is 13.7. The van der Waals surface area contributed by atoms with Gasteiger partial charge in [-0.05, 0) is 30.4 Å². The molecular weight excluding hydrogens is 312 g/mol. The number of carbonyl (C=O) groups excluding carboxylic acids is 2. The zero-order chi connectivity index (χ0) is 16.1. The van der Waals surface area contributed by atoms with E-state index < -0.39 is 0 Å². The second-order valence-electron chi connectivity index (χ2n) is 5.57. The molecule has 3 rings (SSSR count). The Bertz CT molecular complexity index is 639. The normalized spacial score (nSPS) is 17.7. The van der Waals surface area contributed by atoms with Gasteiger partial charge in [-0.2, -0.15) is 5.10 Å².